The van der Waals surface area contributed by atoms with Crippen molar-refractivity contribution in [3.05, 3.63) is 0 Å². The summed E-state index contributed by atoms with van der Waals surface area (Å²) in [5, 5.41) is 3.62. The van der Waals surface area contributed by atoms with Gasteiger partial charge in [-0.1, -0.05) is 34.1 Å². The molecule has 0 aliphatic carbocycles. The number of nitrogens with zero attached hydrogens (tertiary/aromatic N) is 1. The highest BCUT2D eigenvalue weighted by atomic mass is 16.5. The lowest BCUT2D eigenvalue weighted by molar-refractivity contribution is 0.0948. The molecule has 1 N–H and O–H groups in total. The monoisotopic (exact) mass is 302 g/mol. The third-order valence-electron chi connectivity index (χ3n) is 3.83. The summed E-state index contributed by atoms with van der Waals surface area (Å²) >= 11 is 0. The van der Waals surface area contributed by atoms with Gasteiger partial charge in [0.2, 0.25) is 0 Å². The Labute approximate surface area is 132 Å². The molecule has 0 aromatic heterocycles. The summed E-state index contributed by atoms with van der Waals surface area (Å²) in [6, 6.07) is 0.544. The van der Waals surface area contributed by atoms with Crippen molar-refractivity contribution in [2.24, 2.45) is 5.41 Å². The maximum absolute atomic E-state index is 5.26. The van der Waals surface area contributed by atoms with Gasteiger partial charge in [0.25, 0.3) is 0 Å². The predicted molar refractivity (Wildman–Crippen MR) is 91.0 cm³/mol. The minimum atomic E-state index is 0.319. The highest BCUT2D eigenvalue weighted by Crippen LogP contribution is 2.24. The standard InChI is InChI=1S/C17H38N2O2/c1-7-9-17(4,14-18-16(2)3)15-19(11-13-21-6)10-8-12-20-5/h16,18H,7-15H2,1-6H3. The maximum atomic E-state index is 5.26. The molecule has 0 bridgehead atoms. The molecule has 21 heavy (non-hydrogen) atoms. The molecule has 0 aliphatic heterocycles. The van der Waals surface area contributed by atoms with E-state index < -0.39 is 0 Å². The zero-order valence-electron chi connectivity index (χ0n) is 15.2. The van der Waals surface area contributed by atoms with Gasteiger partial charge in [0.05, 0.1) is 6.61 Å². The number of hydrogen-bond acceptors (Lipinski definition) is 4. The van der Waals surface area contributed by atoms with Crippen LogP contribution >= 0.6 is 0 Å². The smallest absolute Gasteiger partial charge is 0.0589 e. The summed E-state index contributed by atoms with van der Waals surface area (Å²) in [7, 11) is 3.55. The van der Waals surface area contributed by atoms with Crippen molar-refractivity contribution in [2.45, 2.75) is 53.0 Å². The lowest BCUT2D eigenvalue weighted by atomic mass is 9.84. The second-order valence-corrected chi connectivity index (χ2v) is 6.71. The van der Waals surface area contributed by atoms with Gasteiger partial charge in [0.1, 0.15) is 0 Å². The summed E-state index contributed by atoms with van der Waals surface area (Å²) in [6.07, 6.45) is 3.56. The van der Waals surface area contributed by atoms with Crippen molar-refractivity contribution < 1.29 is 9.47 Å². The molecule has 0 amide bonds. The summed E-state index contributed by atoms with van der Waals surface area (Å²) < 4.78 is 10.4. The van der Waals surface area contributed by atoms with Gasteiger partial charge < -0.3 is 19.7 Å². The Bertz CT molecular complexity index is 237. The quantitative estimate of drug-likeness (QED) is 0.500. The number of ether oxygens (including phenoxy) is 2. The Balaban J connectivity index is 4.51. The van der Waals surface area contributed by atoms with Gasteiger partial charge in [0.15, 0.2) is 0 Å². The molecular weight excluding hydrogens is 264 g/mol. The van der Waals surface area contributed by atoms with Crippen molar-refractivity contribution >= 4 is 0 Å². The molecule has 1 unspecified atom stereocenters. The fourth-order valence-corrected chi connectivity index (χ4v) is 2.74. The largest absolute Gasteiger partial charge is 0.385 e. The van der Waals surface area contributed by atoms with Crippen LogP contribution in [0.25, 0.3) is 0 Å². The van der Waals surface area contributed by atoms with Crippen LogP contribution in [0.15, 0.2) is 0 Å². The average Bonchev–Trinajstić information content (AvgIpc) is 2.43. The fourth-order valence-electron chi connectivity index (χ4n) is 2.74. The van der Waals surface area contributed by atoms with Crippen LogP contribution < -0.4 is 5.32 Å². The van der Waals surface area contributed by atoms with Crippen molar-refractivity contribution in [3.8, 4) is 0 Å². The number of rotatable bonds is 14. The summed E-state index contributed by atoms with van der Waals surface area (Å²) in [6.45, 7) is 15.0. The van der Waals surface area contributed by atoms with Gasteiger partial charge >= 0.3 is 0 Å². The minimum absolute atomic E-state index is 0.319. The molecule has 4 nitrogen and oxygen atoms in total. The topological polar surface area (TPSA) is 33.7 Å². The number of methoxy groups -OCH3 is 2. The van der Waals surface area contributed by atoms with E-state index in [1.165, 1.54) is 12.8 Å². The lowest BCUT2D eigenvalue weighted by Crippen LogP contribution is -2.45. The molecule has 0 heterocycles. The first kappa shape index (κ1) is 20.8. The van der Waals surface area contributed by atoms with E-state index in [1.54, 1.807) is 14.2 Å². The van der Waals surface area contributed by atoms with Crippen LogP contribution in [0.5, 0.6) is 0 Å². The number of nitrogens with one attached hydrogen (secondary N) is 1. The molecule has 4 heteroatoms. The molecule has 0 aliphatic rings. The molecule has 0 saturated heterocycles. The molecule has 0 rings (SSSR count). The van der Waals surface area contributed by atoms with Gasteiger partial charge in [-0.3, -0.25) is 0 Å². The fraction of sp³-hybridized carbons (Fsp3) is 1.00. The Morgan fingerprint density at radius 1 is 1.10 bits per heavy atom. The normalized spacial score (nSPS) is 14.9. The van der Waals surface area contributed by atoms with Crippen molar-refractivity contribution in [3.63, 3.8) is 0 Å². The first-order valence-corrected chi connectivity index (χ1v) is 8.41. The van der Waals surface area contributed by atoms with E-state index in [1.807, 2.05) is 0 Å². The zero-order valence-corrected chi connectivity index (χ0v) is 15.2. The third kappa shape index (κ3) is 11.1. The average molecular weight is 303 g/mol. The van der Waals surface area contributed by atoms with E-state index in [0.29, 0.717) is 11.5 Å². The van der Waals surface area contributed by atoms with Crippen LogP contribution in [-0.4, -0.2) is 64.6 Å². The van der Waals surface area contributed by atoms with Gasteiger partial charge in [0, 0.05) is 53.0 Å². The molecule has 1 atom stereocenters. The van der Waals surface area contributed by atoms with Crippen molar-refractivity contribution in [1.82, 2.24) is 10.2 Å². The highest BCUT2D eigenvalue weighted by molar-refractivity contribution is 4.81. The van der Waals surface area contributed by atoms with Gasteiger partial charge in [-0.2, -0.15) is 0 Å². The molecule has 0 fully saturated rings. The van der Waals surface area contributed by atoms with Crippen LogP contribution in [0.4, 0.5) is 0 Å². The molecule has 0 aromatic carbocycles. The van der Waals surface area contributed by atoms with E-state index in [4.69, 9.17) is 9.47 Å². The highest BCUT2D eigenvalue weighted by Gasteiger charge is 2.26. The van der Waals surface area contributed by atoms with E-state index in [2.05, 4.69) is 37.9 Å². The van der Waals surface area contributed by atoms with Crippen LogP contribution in [0.3, 0.4) is 0 Å². The van der Waals surface area contributed by atoms with E-state index in [0.717, 1.165) is 45.8 Å². The second-order valence-electron chi connectivity index (χ2n) is 6.71. The summed E-state index contributed by atoms with van der Waals surface area (Å²) in [4.78, 5) is 2.53. The van der Waals surface area contributed by atoms with Gasteiger partial charge in [-0.15, -0.1) is 0 Å². The maximum Gasteiger partial charge on any atom is 0.0589 e. The van der Waals surface area contributed by atoms with Crippen molar-refractivity contribution in [2.75, 3.05) is 53.6 Å². The Kier molecular flexibility index (Phi) is 12.3. The second kappa shape index (κ2) is 12.4. The Morgan fingerprint density at radius 3 is 2.29 bits per heavy atom. The van der Waals surface area contributed by atoms with E-state index in [-0.39, 0.29) is 0 Å². The lowest BCUT2D eigenvalue weighted by Gasteiger charge is -2.36. The molecule has 128 valence electrons. The van der Waals surface area contributed by atoms with Crippen LogP contribution in [0, 0.1) is 5.41 Å². The van der Waals surface area contributed by atoms with Gasteiger partial charge in [-0.25, -0.2) is 0 Å². The summed E-state index contributed by atoms with van der Waals surface area (Å²) in [5.74, 6) is 0. The summed E-state index contributed by atoms with van der Waals surface area (Å²) in [5.41, 5.74) is 0.319. The number of hydrogen-bond donors (Lipinski definition) is 1. The molecule has 0 saturated carbocycles. The van der Waals surface area contributed by atoms with Crippen LogP contribution in [0.2, 0.25) is 0 Å². The van der Waals surface area contributed by atoms with Crippen LogP contribution in [0.1, 0.15) is 47.0 Å². The minimum Gasteiger partial charge on any atom is -0.385 e. The Morgan fingerprint density at radius 2 is 1.76 bits per heavy atom. The zero-order chi connectivity index (χ0) is 16.1. The van der Waals surface area contributed by atoms with Crippen molar-refractivity contribution in [1.29, 1.82) is 0 Å². The molecule has 0 aromatic rings. The first-order valence-electron chi connectivity index (χ1n) is 8.41. The Hall–Kier alpha value is -0.160. The SMILES string of the molecule is CCCC(C)(CNC(C)C)CN(CCCOC)CCOC. The van der Waals surface area contributed by atoms with E-state index >= 15 is 0 Å². The van der Waals surface area contributed by atoms with Crippen LogP contribution in [-0.2, 0) is 9.47 Å². The molecule has 0 radical (unpaired) electrons. The first-order chi connectivity index (χ1) is 9.97. The predicted octanol–water partition coefficient (Wildman–Crippen LogP) is 2.78. The molecule has 0 spiro atoms. The van der Waals surface area contributed by atoms with Gasteiger partial charge in [-0.05, 0) is 18.3 Å². The van der Waals surface area contributed by atoms with E-state index in [9.17, 15) is 0 Å². The third-order valence-corrected chi connectivity index (χ3v) is 3.83. The molecular formula is C17H38N2O2.